The molecule has 3 nitrogen and oxygen atoms in total. The minimum Gasteiger partial charge on any atom is -0.405 e. The summed E-state index contributed by atoms with van der Waals surface area (Å²) in [6.07, 6.45) is -5.07. The van der Waals surface area contributed by atoms with Gasteiger partial charge in [-0.15, -0.1) is 13.2 Å². The second-order valence-corrected chi connectivity index (χ2v) is 3.18. The van der Waals surface area contributed by atoms with Gasteiger partial charge in [-0.3, -0.25) is 4.79 Å². The highest BCUT2D eigenvalue weighted by atomic mass is 79.9. The quantitative estimate of drug-likeness (QED) is 0.373. The van der Waals surface area contributed by atoms with Crippen molar-refractivity contribution >= 4 is 22.2 Å². The van der Waals surface area contributed by atoms with Crippen molar-refractivity contribution in [2.24, 2.45) is 0 Å². The van der Waals surface area contributed by atoms with Crippen LogP contribution in [0, 0.1) is 5.95 Å². The molecule has 1 aromatic heterocycles. The third-order valence-electron chi connectivity index (χ3n) is 1.51. The Morgan fingerprint density at radius 2 is 2.12 bits per heavy atom. The van der Waals surface area contributed by atoms with E-state index in [0.29, 0.717) is 0 Å². The van der Waals surface area contributed by atoms with Crippen LogP contribution in [-0.2, 0) is 5.33 Å². The summed E-state index contributed by atoms with van der Waals surface area (Å²) in [5.74, 6) is -2.20. The minimum atomic E-state index is -4.99. The van der Waals surface area contributed by atoms with Crippen molar-refractivity contribution in [2.75, 3.05) is 0 Å². The number of hydrogen-bond acceptors (Lipinski definition) is 3. The lowest BCUT2D eigenvalue weighted by atomic mass is 10.2. The van der Waals surface area contributed by atoms with Gasteiger partial charge in [0.15, 0.2) is 6.29 Å². The van der Waals surface area contributed by atoms with Crippen molar-refractivity contribution in [1.82, 2.24) is 4.98 Å². The molecule has 8 heteroatoms. The maximum atomic E-state index is 13.1. The molecule has 0 bridgehead atoms. The van der Waals surface area contributed by atoms with Gasteiger partial charge >= 0.3 is 6.36 Å². The molecular weight excluding hydrogens is 298 g/mol. The molecule has 0 radical (unpaired) electrons. The van der Waals surface area contributed by atoms with Crippen LogP contribution >= 0.6 is 15.9 Å². The van der Waals surface area contributed by atoms with Crippen LogP contribution < -0.4 is 4.74 Å². The topological polar surface area (TPSA) is 39.2 Å². The van der Waals surface area contributed by atoms with Crippen LogP contribution in [0.15, 0.2) is 6.07 Å². The molecule has 0 unspecified atom stereocenters. The number of ether oxygens (including phenoxy) is 1. The molecule has 0 N–H and O–H groups in total. The molecule has 0 saturated carbocycles. The Morgan fingerprint density at radius 1 is 1.50 bits per heavy atom. The number of rotatable bonds is 3. The summed E-state index contributed by atoms with van der Waals surface area (Å²) in [7, 11) is 0. The number of hydrogen-bond donors (Lipinski definition) is 0. The number of halogens is 5. The standard InChI is InChI=1S/C8H4BrF4NO2/c9-2-4-1-6(16-8(11,12)13)5(3-15)7(10)14-4/h1,3H,2H2. The number of pyridine rings is 1. The van der Waals surface area contributed by atoms with Crippen molar-refractivity contribution < 1.29 is 27.1 Å². The van der Waals surface area contributed by atoms with Crippen molar-refractivity contribution in [3.05, 3.63) is 23.3 Å². The minimum absolute atomic E-state index is 0.0117. The van der Waals surface area contributed by atoms with E-state index in [1.807, 2.05) is 0 Å². The Hall–Kier alpha value is -1.18. The summed E-state index contributed by atoms with van der Waals surface area (Å²) in [5, 5.41) is 0.0390. The summed E-state index contributed by atoms with van der Waals surface area (Å²) >= 11 is 2.90. The van der Waals surface area contributed by atoms with Gasteiger partial charge < -0.3 is 4.74 Å². The summed E-state index contributed by atoms with van der Waals surface area (Å²) in [6, 6.07) is 0.842. The monoisotopic (exact) mass is 301 g/mol. The Morgan fingerprint density at radius 3 is 2.56 bits per heavy atom. The molecule has 0 saturated heterocycles. The third kappa shape index (κ3) is 3.16. The Labute approximate surface area is 95.6 Å². The van der Waals surface area contributed by atoms with Crippen LogP contribution in [-0.4, -0.2) is 17.6 Å². The average molecular weight is 302 g/mol. The van der Waals surface area contributed by atoms with Crippen LogP contribution in [0.1, 0.15) is 16.1 Å². The van der Waals surface area contributed by atoms with E-state index in [4.69, 9.17) is 0 Å². The predicted molar refractivity (Wildman–Crippen MR) is 48.9 cm³/mol. The molecule has 0 atom stereocenters. The molecule has 1 heterocycles. The van der Waals surface area contributed by atoms with Crippen molar-refractivity contribution in [3.8, 4) is 5.75 Å². The van der Waals surface area contributed by atoms with Gasteiger partial charge in [0.25, 0.3) is 0 Å². The second kappa shape index (κ2) is 4.77. The van der Waals surface area contributed by atoms with E-state index in [9.17, 15) is 22.4 Å². The Kier molecular flexibility index (Phi) is 3.84. The highest BCUT2D eigenvalue weighted by Gasteiger charge is 2.33. The molecule has 88 valence electrons. The van der Waals surface area contributed by atoms with E-state index >= 15 is 0 Å². The summed E-state index contributed by atoms with van der Waals surface area (Å²) < 4.78 is 52.4. The molecule has 16 heavy (non-hydrogen) atoms. The number of aldehydes is 1. The average Bonchev–Trinajstić information content (AvgIpc) is 2.14. The predicted octanol–water partition coefficient (Wildman–Crippen LogP) is 2.83. The molecule has 0 aromatic carbocycles. The van der Waals surface area contributed by atoms with E-state index in [-0.39, 0.29) is 17.3 Å². The first-order valence-corrected chi connectivity index (χ1v) is 4.96. The first-order valence-electron chi connectivity index (χ1n) is 3.83. The Bertz CT molecular complexity index is 408. The zero-order chi connectivity index (χ0) is 12.3. The van der Waals surface area contributed by atoms with Crippen molar-refractivity contribution in [3.63, 3.8) is 0 Å². The highest BCUT2D eigenvalue weighted by molar-refractivity contribution is 9.08. The second-order valence-electron chi connectivity index (χ2n) is 2.62. The normalized spacial score (nSPS) is 11.3. The number of carbonyl (C=O) groups excluding carboxylic acids is 1. The fraction of sp³-hybridized carbons (Fsp3) is 0.250. The highest BCUT2D eigenvalue weighted by Crippen LogP contribution is 2.27. The van der Waals surface area contributed by atoms with E-state index < -0.39 is 23.6 Å². The lowest BCUT2D eigenvalue weighted by molar-refractivity contribution is -0.274. The van der Waals surface area contributed by atoms with Gasteiger partial charge in [0, 0.05) is 11.4 Å². The fourth-order valence-corrected chi connectivity index (χ4v) is 1.22. The van der Waals surface area contributed by atoms with Crippen LogP contribution in [0.4, 0.5) is 17.6 Å². The van der Waals surface area contributed by atoms with Gasteiger partial charge in [0.2, 0.25) is 5.95 Å². The van der Waals surface area contributed by atoms with Gasteiger partial charge in [-0.1, -0.05) is 15.9 Å². The van der Waals surface area contributed by atoms with Gasteiger partial charge in [-0.2, -0.15) is 4.39 Å². The zero-order valence-electron chi connectivity index (χ0n) is 7.52. The fourth-order valence-electron chi connectivity index (χ4n) is 0.934. The smallest absolute Gasteiger partial charge is 0.405 e. The van der Waals surface area contributed by atoms with Gasteiger partial charge in [-0.05, 0) is 0 Å². The maximum Gasteiger partial charge on any atom is 0.573 e. The molecule has 1 rings (SSSR count). The number of alkyl halides is 4. The lowest BCUT2D eigenvalue weighted by Crippen LogP contribution is -2.19. The summed E-state index contributed by atoms with van der Waals surface area (Å²) in [6.45, 7) is 0. The molecular formula is C8H4BrF4NO2. The van der Waals surface area contributed by atoms with E-state index in [1.165, 1.54) is 0 Å². The van der Waals surface area contributed by atoms with Crippen LogP contribution in [0.5, 0.6) is 5.75 Å². The number of aromatic nitrogens is 1. The lowest BCUT2D eigenvalue weighted by Gasteiger charge is -2.11. The largest absolute Gasteiger partial charge is 0.573 e. The van der Waals surface area contributed by atoms with E-state index in [1.54, 1.807) is 0 Å². The zero-order valence-corrected chi connectivity index (χ0v) is 9.10. The number of nitrogens with zero attached hydrogens (tertiary/aromatic N) is 1. The summed E-state index contributed by atoms with van der Waals surface area (Å²) in [4.78, 5) is 13.7. The third-order valence-corrected chi connectivity index (χ3v) is 2.08. The molecule has 0 aliphatic rings. The van der Waals surface area contributed by atoms with E-state index in [0.717, 1.165) is 6.07 Å². The van der Waals surface area contributed by atoms with Crippen molar-refractivity contribution in [1.29, 1.82) is 0 Å². The van der Waals surface area contributed by atoms with Crippen LogP contribution in [0.3, 0.4) is 0 Å². The van der Waals surface area contributed by atoms with Crippen LogP contribution in [0.2, 0.25) is 0 Å². The molecule has 0 aliphatic carbocycles. The Balaban J connectivity index is 3.23. The van der Waals surface area contributed by atoms with E-state index in [2.05, 4.69) is 25.7 Å². The summed E-state index contributed by atoms with van der Waals surface area (Å²) in [5.41, 5.74) is -0.871. The molecule has 0 spiro atoms. The molecule has 0 aliphatic heterocycles. The van der Waals surface area contributed by atoms with Gasteiger partial charge in [0.1, 0.15) is 11.3 Å². The van der Waals surface area contributed by atoms with Crippen molar-refractivity contribution in [2.45, 2.75) is 11.7 Å². The van der Waals surface area contributed by atoms with Crippen LogP contribution in [0.25, 0.3) is 0 Å². The molecule has 0 fully saturated rings. The molecule has 0 amide bonds. The number of carbonyl (C=O) groups is 1. The first-order chi connectivity index (χ1) is 7.37. The maximum absolute atomic E-state index is 13.1. The van der Waals surface area contributed by atoms with Gasteiger partial charge in [-0.25, -0.2) is 4.98 Å². The molecule has 1 aromatic rings. The first kappa shape index (κ1) is 12.9. The SMILES string of the molecule is O=Cc1c(OC(F)(F)F)cc(CBr)nc1F. The van der Waals surface area contributed by atoms with Gasteiger partial charge in [0.05, 0.1) is 5.69 Å².